The van der Waals surface area contributed by atoms with E-state index in [0.717, 1.165) is 58.9 Å². The smallest absolute Gasteiger partial charge is 0.475 e. The maximum absolute atomic E-state index is 11.9. The van der Waals surface area contributed by atoms with Crippen LogP contribution in [0, 0.1) is 17.3 Å². The number of carbonyl (C=O) groups excluding carboxylic acids is 1. The standard InChI is InChI=1S/C16H28N2O3.C2HF3O2/c1-12(2)15(19)17-9-16-10-18(7-13(16)8-21-11-16)14-3-5-20-6-4-14;3-2(4,5)1(6)7/h12-14H,3-11H2,1-2H3,(H,17,19);(H,6,7)/t13-,16+;/m1./s1. The zero-order valence-electron chi connectivity index (χ0n) is 16.3. The molecule has 2 N–H and O–H groups in total. The maximum Gasteiger partial charge on any atom is 0.490 e. The molecule has 3 fully saturated rings. The first-order valence-electron chi connectivity index (χ1n) is 9.52. The molecule has 7 nitrogen and oxygen atoms in total. The molecule has 0 aromatic heterocycles. The number of carbonyl (C=O) groups is 2. The van der Waals surface area contributed by atoms with Crippen LogP contribution in [0.5, 0.6) is 0 Å². The Kier molecular flexibility index (Phi) is 7.69. The van der Waals surface area contributed by atoms with E-state index in [1.54, 1.807) is 0 Å². The van der Waals surface area contributed by atoms with Gasteiger partial charge in [0.25, 0.3) is 0 Å². The average Bonchev–Trinajstić information content (AvgIpc) is 3.17. The van der Waals surface area contributed by atoms with Crippen molar-refractivity contribution in [1.29, 1.82) is 0 Å². The minimum absolute atomic E-state index is 0.0511. The van der Waals surface area contributed by atoms with Gasteiger partial charge in [0, 0.05) is 56.1 Å². The maximum atomic E-state index is 11.9. The Bertz CT molecular complexity index is 552. The number of alkyl halides is 3. The first kappa shape index (κ1) is 22.9. The molecule has 0 saturated carbocycles. The van der Waals surface area contributed by atoms with Crippen molar-refractivity contribution in [3.8, 4) is 0 Å². The van der Waals surface area contributed by atoms with Gasteiger partial charge in [-0.25, -0.2) is 4.79 Å². The second-order valence-corrected chi connectivity index (χ2v) is 8.02. The molecule has 3 aliphatic heterocycles. The summed E-state index contributed by atoms with van der Waals surface area (Å²) in [6.07, 6.45) is -2.80. The number of carboxylic acids is 1. The number of halogens is 3. The molecule has 1 amide bonds. The molecule has 3 rings (SSSR count). The van der Waals surface area contributed by atoms with Crippen LogP contribution in [-0.4, -0.2) is 80.2 Å². The first-order valence-corrected chi connectivity index (χ1v) is 9.52. The summed E-state index contributed by atoms with van der Waals surface area (Å²) in [4.78, 5) is 23.4. The van der Waals surface area contributed by atoms with Crippen LogP contribution in [0.2, 0.25) is 0 Å². The molecule has 0 aromatic rings. The molecular formula is C18H29F3N2O5. The minimum atomic E-state index is -5.08. The van der Waals surface area contributed by atoms with E-state index in [1.807, 2.05) is 13.8 Å². The molecule has 0 aromatic carbocycles. The average molecular weight is 410 g/mol. The number of ether oxygens (including phenoxy) is 2. The Hall–Kier alpha value is -1.39. The second-order valence-electron chi connectivity index (χ2n) is 8.02. The zero-order chi connectivity index (χ0) is 20.9. The Labute approximate surface area is 162 Å². The first-order chi connectivity index (χ1) is 13.0. The van der Waals surface area contributed by atoms with E-state index in [4.69, 9.17) is 19.4 Å². The van der Waals surface area contributed by atoms with Crippen LogP contribution in [0.15, 0.2) is 0 Å². The SMILES string of the molecule is CC(C)C(=O)NC[C@]12COC[C@H]1CN(C1CCOCC1)C2.O=C(O)C(F)(F)F. The molecule has 3 heterocycles. The largest absolute Gasteiger partial charge is 0.490 e. The van der Waals surface area contributed by atoms with E-state index in [1.165, 1.54) is 0 Å². The number of amides is 1. The van der Waals surface area contributed by atoms with Crippen LogP contribution in [0.25, 0.3) is 0 Å². The highest BCUT2D eigenvalue weighted by molar-refractivity contribution is 5.77. The van der Waals surface area contributed by atoms with Crippen molar-refractivity contribution >= 4 is 11.9 Å². The number of nitrogens with zero attached hydrogens (tertiary/aromatic N) is 1. The summed E-state index contributed by atoms with van der Waals surface area (Å²) in [5, 5.41) is 10.3. The molecule has 162 valence electrons. The number of fused-ring (bicyclic) bond motifs is 1. The monoisotopic (exact) mass is 410 g/mol. The van der Waals surface area contributed by atoms with Crippen molar-refractivity contribution in [3.05, 3.63) is 0 Å². The molecule has 2 atom stereocenters. The van der Waals surface area contributed by atoms with Gasteiger partial charge in [0.15, 0.2) is 0 Å². The fourth-order valence-corrected chi connectivity index (χ4v) is 3.92. The van der Waals surface area contributed by atoms with E-state index in [0.29, 0.717) is 12.0 Å². The summed E-state index contributed by atoms with van der Waals surface area (Å²) in [6, 6.07) is 0.655. The Balaban J connectivity index is 0.000000345. The van der Waals surface area contributed by atoms with Gasteiger partial charge in [-0.2, -0.15) is 13.2 Å². The number of hydrogen-bond acceptors (Lipinski definition) is 5. The second kappa shape index (κ2) is 9.41. The summed E-state index contributed by atoms with van der Waals surface area (Å²) < 4.78 is 43.0. The van der Waals surface area contributed by atoms with Gasteiger partial charge in [0.2, 0.25) is 5.91 Å². The predicted molar refractivity (Wildman–Crippen MR) is 93.7 cm³/mol. The van der Waals surface area contributed by atoms with E-state index in [-0.39, 0.29) is 17.2 Å². The lowest BCUT2D eigenvalue weighted by Gasteiger charge is -2.33. The van der Waals surface area contributed by atoms with Gasteiger partial charge in [-0.3, -0.25) is 9.69 Å². The van der Waals surface area contributed by atoms with Crippen LogP contribution in [0.1, 0.15) is 26.7 Å². The minimum Gasteiger partial charge on any atom is -0.475 e. The van der Waals surface area contributed by atoms with Gasteiger partial charge in [-0.1, -0.05) is 13.8 Å². The van der Waals surface area contributed by atoms with Crippen molar-refractivity contribution in [2.24, 2.45) is 17.3 Å². The lowest BCUT2D eigenvalue weighted by atomic mass is 9.81. The molecular weight excluding hydrogens is 381 g/mol. The summed E-state index contributed by atoms with van der Waals surface area (Å²) in [5.41, 5.74) is 0.128. The highest BCUT2D eigenvalue weighted by atomic mass is 19.4. The normalized spacial score (nSPS) is 28.6. The zero-order valence-corrected chi connectivity index (χ0v) is 16.3. The third-order valence-corrected chi connectivity index (χ3v) is 5.64. The number of nitrogens with one attached hydrogen (secondary N) is 1. The van der Waals surface area contributed by atoms with Gasteiger partial charge in [0.05, 0.1) is 13.2 Å². The Morgan fingerprint density at radius 1 is 1.25 bits per heavy atom. The molecule has 0 bridgehead atoms. The fraction of sp³-hybridized carbons (Fsp3) is 0.889. The Morgan fingerprint density at radius 2 is 1.86 bits per heavy atom. The molecule has 0 spiro atoms. The summed E-state index contributed by atoms with van der Waals surface area (Å²) in [7, 11) is 0. The molecule has 10 heteroatoms. The van der Waals surface area contributed by atoms with Gasteiger partial charge >= 0.3 is 12.1 Å². The quantitative estimate of drug-likeness (QED) is 0.731. The van der Waals surface area contributed by atoms with Crippen molar-refractivity contribution in [1.82, 2.24) is 10.2 Å². The Morgan fingerprint density at radius 3 is 2.39 bits per heavy atom. The number of carboxylic acid groups (broad SMARTS) is 1. The van der Waals surface area contributed by atoms with Crippen molar-refractivity contribution in [3.63, 3.8) is 0 Å². The van der Waals surface area contributed by atoms with Crippen LogP contribution < -0.4 is 5.32 Å². The highest BCUT2D eigenvalue weighted by Crippen LogP contribution is 2.42. The number of likely N-dealkylation sites (tertiary alicyclic amines) is 1. The van der Waals surface area contributed by atoms with Gasteiger partial charge < -0.3 is 19.9 Å². The van der Waals surface area contributed by atoms with E-state index in [2.05, 4.69) is 10.2 Å². The fourth-order valence-electron chi connectivity index (χ4n) is 3.92. The van der Waals surface area contributed by atoms with E-state index in [9.17, 15) is 18.0 Å². The molecule has 28 heavy (non-hydrogen) atoms. The molecule has 0 aliphatic carbocycles. The van der Waals surface area contributed by atoms with Crippen molar-refractivity contribution in [2.75, 3.05) is 46.1 Å². The third kappa shape index (κ3) is 5.81. The van der Waals surface area contributed by atoms with Crippen LogP contribution in [0.3, 0.4) is 0 Å². The van der Waals surface area contributed by atoms with Gasteiger partial charge in [-0.15, -0.1) is 0 Å². The summed E-state index contributed by atoms with van der Waals surface area (Å²) in [5.74, 6) is -1.99. The van der Waals surface area contributed by atoms with E-state index < -0.39 is 12.1 Å². The van der Waals surface area contributed by atoms with Crippen LogP contribution in [-0.2, 0) is 19.1 Å². The van der Waals surface area contributed by atoms with Crippen molar-refractivity contribution in [2.45, 2.75) is 38.9 Å². The molecule has 0 radical (unpaired) electrons. The summed E-state index contributed by atoms with van der Waals surface area (Å²) in [6.45, 7) is 10.2. The lowest BCUT2D eigenvalue weighted by molar-refractivity contribution is -0.192. The number of rotatable bonds is 4. The van der Waals surface area contributed by atoms with Gasteiger partial charge in [-0.05, 0) is 12.8 Å². The summed E-state index contributed by atoms with van der Waals surface area (Å²) >= 11 is 0. The number of hydrogen-bond donors (Lipinski definition) is 2. The van der Waals surface area contributed by atoms with Crippen molar-refractivity contribution < 1.29 is 37.3 Å². The lowest BCUT2D eigenvalue weighted by Crippen LogP contribution is -2.45. The topological polar surface area (TPSA) is 88.1 Å². The van der Waals surface area contributed by atoms with Crippen LogP contribution in [0.4, 0.5) is 13.2 Å². The van der Waals surface area contributed by atoms with E-state index >= 15 is 0 Å². The van der Waals surface area contributed by atoms with Crippen LogP contribution >= 0.6 is 0 Å². The molecule has 0 unspecified atom stereocenters. The third-order valence-electron chi connectivity index (χ3n) is 5.64. The van der Waals surface area contributed by atoms with Gasteiger partial charge in [0.1, 0.15) is 0 Å². The highest BCUT2D eigenvalue weighted by Gasteiger charge is 2.51. The molecule has 3 aliphatic rings. The number of aliphatic carboxylic acids is 1. The predicted octanol–water partition coefficient (Wildman–Crippen LogP) is 1.52. The molecule has 3 saturated heterocycles.